The van der Waals surface area contributed by atoms with Crippen LogP contribution in [0.5, 0.6) is 5.75 Å². The molecule has 1 N–H and O–H groups in total. The van der Waals surface area contributed by atoms with Gasteiger partial charge in [0.05, 0.1) is 13.0 Å². The summed E-state index contributed by atoms with van der Waals surface area (Å²) in [5.74, 6) is 0.428. The summed E-state index contributed by atoms with van der Waals surface area (Å²) >= 11 is 3.45. The zero-order chi connectivity index (χ0) is 22.0. The van der Waals surface area contributed by atoms with Gasteiger partial charge in [-0.2, -0.15) is 0 Å². The largest absolute Gasteiger partial charge is 0.496 e. The van der Waals surface area contributed by atoms with Crippen molar-refractivity contribution in [2.75, 3.05) is 25.5 Å². The van der Waals surface area contributed by atoms with Gasteiger partial charge in [0.15, 0.2) is 0 Å². The Hall–Kier alpha value is -2.86. The highest BCUT2D eigenvalue weighted by Gasteiger charge is 2.30. The number of anilines is 1. The SMILES string of the molecule is COc1ccc(C(=O)N2CCCC(C(=O)Nc3ccc(Br)cc3C)C2)c2ccccc12. The number of aryl methyl sites for hydroxylation is 1. The maximum Gasteiger partial charge on any atom is 0.254 e. The lowest BCUT2D eigenvalue weighted by atomic mass is 9.95. The van der Waals surface area contributed by atoms with Crippen LogP contribution in [0.3, 0.4) is 0 Å². The molecule has 6 heteroatoms. The van der Waals surface area contributed by atoms with Crippen molar-refractivity contribution in [2.45, 2.75) is 19.8 Å². The third kappa shape index (κ3) is 4.44. The van der Waals surface area contributed by atoms with E-state index in [0.29, 0.717) is 18.7 Å². The summed E-state index contributed by atoms with van der Waals surface area (Å²) in [6.07, 6.45) is 1.58. The number of likely N-dealkylation sites (tertiary alicyclic amines) is 1. The number of nitrogens with one attached hydrogen (secondary N) is 1. The van der Waals surface area contributed by atoms with E-state index in [2.05, 4.69) is 21.2 Å². The second-order valence-corrected chi connectivity index (χ2v) is 8.82. The fourth-order valence-electron chi connectivity index (χ4n) is 4.18. The van der Waals surface area contributed by atoms with Gasteiger partial charge in [-0.25, -0.2) is 0 Å². The third-order valence-corrected chi connectivity index (χ3v) is 6.35. The molecule has 0 spiro atoms. The molecule has 4 rings (SSSR count). The topological polar surface area (TPSA) is 58.6 Å². The van der Waals surface area contributed by atoms with Crippen LogP contribution in [0, 0.1) is 12.8 Å². The Balaban J connectivity index is 1.53. The predicted octanol–water partition coefficient (Wildman–Crippen LogP) is 5.41. The molecule has 3 aromatic carbocycles. The molecule has 5 nitrogen and oxygen atoms in total. The zero-order valence-corrected chi connectivity index (χ0v) is 19.2. The molecule has 0 saturated carbocycles. The minimum Gasteiger partial charge on any atom is -0.496 e. The molecule has 1 atom stereocenters. The van der Waals surface area contributed by atoms with E-state index >= 15 is 0 Å². The second-order valence-electron chi connectivity index (χ2n) is 7.90. The molecule has 0 radical (unpaired) electrons. The van der Waals surface area contributed by atoms with Gasteiger partial charge in [0.2, 0.25) is 5.91 Å². The Morgan fingerprint density at radius 1 is 1.10 bits per heavy atom. The molecule has 1 fully saturated rings. The number of nitrogens with zero attached hydrogens (tertiary/aromatic N) is 1. The molecule has 31 heavy (non-hydrogen) atoms. The molecule has 0 aromatic heterocycles. The van der Waals surface area contributed by atoms with Crippen LogP contribution in [0.15, 0.2) is 59.1 Å². The second kappa shape index (κ2) is 9.10. The van der Waals surface area contributed by atoms with Crippen LogP contribution < -0.4 is 10.1 Å². The molecule has 1 unspecified atom stereocenters. The summed E-state index contributed by atoms with van der Waals surface area (Å²) < 4.78 is 6.43. The van der Waals surface area contributed by atoms with Gasteiger partial charge in [-0.1, -0.05) is 40.2 Å². The van der Waals surface area contributed by atoms with E-state index in [1.807, 2.05) is 61.5 Å². The Labute approximate surface area is 190 Å². The first-order valence-electron chi connectivity index (χ1n) is 10.4. The maximum atomic E-state index is 13.4. The highest BCUT2D eigenvalue weighted by molar-refractivity contribution is 9.10. The number of piperidine rings is 1. The number of amides is 2. The van der Waals surface area contributed by atoms with E-state index in [0.717, 1.165) is 45.1 Å². The summed E-state index contributed by atoms with van der Waals surface area (Å²) in [7, 11) is 1.63. The summed E-state index contributed by atoms with van der Waals surface area (Å²) in [6.45, 7) is 3.03. The van der Waals surface area contributed by atoms with Gasteiger partial charge in [-0.05, 0) is 61.0 Å². The molecule has 160 valence electrons. The van der Waals surface area contributed by atoms with Gasteiger partial charge in [0.1, 0.15) is 5.75 Å². The van der Waals surface area contributed by atoms with E-state index < -0.39 is 0 Å². The van der Waals surface area contributed by atoms with Crippen molar-refractivity contribution in [3.05, 3.63) is 70.2 Å². The minimum absolute atomic E-state index is 0.0393. The lowest BCUT2D eigenvalue weighted by molar-refractivity contribution is -0.121. The lowest BCUT2D eigenvalue weighted by Crippen LogP contribution is -2.43. The average Bonchev–Trinajstić information content (AvgIpc) is 2.79. The zero-order valence-electron chi connectivity index (χ0n) is 17.7. The van der Waals surface area contributed by atoms with Crippen LogP contribution >= 0.6 is 15.9 Å². The number of hydrogen-bond donors (Lipinski definition) is 1. The number of carbonyl (C=O) groups is 2. The number of rotatable bonds is 4. The number of ether oxygens (including phenoxy) is 1. The van der Waals surface area contributed by atoms with E-state index in [1.54, 1.807) is 12.0 Å². The smallest absolute Gasteiger partial charge is 0.254 e. The molecule has 0 aliphatic carbocycles. The van der Waals surface area contributed by atoms with Crippen LogP contribution in [0.4, 0.5) is 5.69 Å². The molecule has 3 aromatic rings. The number of carbonyl (C=O) groups excluding carboxylic acids is 2. The molecule has 0 bridgehead atoms. The first kappa shape index (κ1) is 21.4. The highest BCUT2D eigenvalue weighted by Crippen LogP contribution is 2.30. The van der Waals surface area contributed by atoms with Crippen LogP contribution in [0.2, 0.25) is 0 Å². The standard InChI is InChI=1S/C25H25BrN2O3/c1-16-14-18(26)9-11-22(16)27-24(29)17-6-5-13-28(15-17)25(30)21-10-12-23(31-2)20-8-4-3-7-19(20)21/h3-4,7-12,14,17H,5-6,13,15H2,1-2H3,(H,27,29). The lowest BCUT2D eigenvalue weighted by Gasteiger charge is -2.32. The van der Waals surface area contributed by atoms with Gasteiger partial charge in [0, 0.05) is 34.2 Å². The van der Waals surface area contributed by atoms with E-state index in [4.69, 9.17) is 4.74 Å². The fraction of sp³-hybridized carbons (Fsp3) is 0.280. The summed E-state index contributed by atoms with van der Waals surface area (Å²) in [5.41, 5.74) is 2.44. The molecule has 1 aliphatic heterocycles. The van der Waals surface area contributed by atoms with Crippen molar-refractivity contribution in [1.29, 1.82) is 0 Å². The number of halogens is 1. The van der Waals surface area contributed by atoms with E-state index in [-0.39, 0.29) is 17.7 Å². The van der Waals surface area contributed by atoms with Crippen molar-refractivity contribution in [3.8, 4) is 5.75 Å². The Bertz CT molecular complexity index is 1140. The molecular formula is C25H25BrN2O3. The number of hydrogen-bond acceptors (Lipinski definition) is 3. The number of methoxy groups -OCH3 is 1. The summed E-state index contributed by atoms with van der Waals surface area (Å²) in [6, 6.07) is 17.2. The number of benzene rings is 3. The van der Waals surface area contributed by atoms with Crippen LogP contribution in [0.25, 0.3) is 10.8 Å². The molecule has 1 aliphatic rings. The predicted molar refractivity (Wildman–Crippen MR) is 127 cm³/mol. The average molecular weight is 481 g/mol. The Morgan fingerprint density at radius 3 is 2.61 bits per heavy atom. The Morgan fingerprint density at radius 2 is 1.87 bits per heavy atom. The van der Waals surface area contributed by atoms with Crippen molar-refractivity contribution in [3.63, 3.8) is 0 Å². The number of fused-ring (bicyclic) bond motifs is 1. The summed E-state index contributed by atoms with van der Waals surface area (Å²) in [5, 5.41) is 4.81. The van der Waals surface area contributed by atoms with E-state index in [9.17, 15) is 9.59 Å². The van der Waals surface area contributed by atoms with Gasteiger partial charge in [-0.3, -0.25) is 9.59 Å². The summed E-state index contributed by atoms with van der Waals surface area (Å²) in [4.78, 5) is 28.1. The van der Waals surface area contributed by atoms with Crippen LogP contribution in [-0.2, 0) is 4.79 Å². The van der Waals surface area contributed by atoms with Gasteiger partial charge >= 0.3 is 0 Å². The van der Waals surface area contributed by atoms with Crippen molar-refractivity contribution in [1.82, 2.24) is 4.90 Å². The molecule has 2 amide bonds. The molecule has 1 saturated heterocycles. The van der Waals surface area contributed by atoms with Crippen molar-refractivity contribution >= 4 is 44.2 Å². The highest BCUT2D eigenvalue weighted by atomic mass is 79.9. The van der Waals surface area contributed by atoms with Crippen LogP contribution in [-0.4, -0.2) is 36.9 Å². The third-order valence-electron chi connectivity index (χ3n) is 5.86. The van der Waals surface area contributed by atoms with E-state index in [1.165, 1.54) is 0 Å². The molecular weight excluding hydrogens is 456 g/mol. The minimum atomic E-state index is -0.231. The normalized spacial score (nSPS) is 16.2. The van der Waals surface area contributed by atoms with Crippen molar-refractivity contribution in [2.24, 2.45) is 5.92 Å². The van der Waals surface area contributed by atoms with Gasteiger partial charge in [-0.15, -0.1) is 0 Å². The molecule has 1 heterocycles. The van der Waals surface area contributed by atoms with Crippen LogP contribution in [0.1, 0.15) is 28.8 Å². The van der Waals surface area contributed by atoms with Crippen molar-refractivity contribution < 1.29 is 14.3 Å². The van der Waals surface area contributed by atoms with Gasteiger partial charge < -0.3 is 15.0 Å². The fourth-order valence-corrected chi connectivity index (χ4v) is 4.66. The first-order chi connectivity index (χ1) is 15.0. The quantitative estimate of drug-likeness (QED) is 0.542. The maximum absolute atomic E-state index is 13.4. The Kier molecular flexibility index (Phi) is 6.28. The monoisotopic (exact) mass is 480 g/mol. The first-order valence-corrected chi connectivity index (χ1v) is 11.2. The van der Waals surface area contributed by atoms with Gasteiger partial charge in [0.25, 0.3) is 5.91 Å².